The van der Waals surface area contributed by atoms with E-state index in [1.54, 1.807) is 11.7 Å². The van der Waals surface area contributed by atoms with E-state index in [9.17, 15) is 4.79 Å². The highest BCUT2D eigenvalue weighted by Crippen LogP contribution is 2.22. The van der Waals surface area contributed by atoms with Crippen molar-refractivity contribution >= 4 is 28.4 Å². The molecule has 5 heteroatoms. The molecule has 16 heavy (non-hydrogen) atoms. The Bertz CT molecular complexity index is 521. The molecule has 0 fully saturated rings. The standard InChI is InChI=1S/C11H12ClN3O/c1-13-10(16)6-7-15-9-5-3-2-4-8(9)11(12)14-15/h2-5H,6-7H2,1H3,(H,13,16). The largest absolute Gasteiger partial charge is 0.359 e. The molecule has 0 aliphatic heterocycles. The van der Waals surface area contributed by atoms with Crippen LogP contribution in [-0.4, -0.2) is 22.7 Å². The zero-order valence-corrected chi connectivity index (χ0v) is 9.66. The van der Waals surface area contributed by atoms with Gasteiger partial charge < -0.3 is 5.32 Å². The summed E-state index contributed by atoms with van der Waals surface area (Å²) in [5, 5.41) is 8.17. The first-order chi connectivity index (χ1) is 7.72. The van der Waals surface area contributed by atoms with Crippen molar-refractivity contribution < 1.29 is 4.79 Å². The number of carbonyl (C=O) groups is 1. The van der Waals surface area contributed by atoms with E-state index in [1.165, 1.54) is 0 Å². The lowest BCUT2D eigenvalue weighted by Gasteiger charge is -2.02. The van der Waals surface area contributed by atoms with E-state index in [0.717, 1.165) is 10.9 Å². The molecule has 0 unspecified atom stereocenters. The second-order valence-corrected chi connectivity index (χ2v) is 3.81. The summed E-state index contributed by atoms with van der Waals surface area (Å²) in [6, 6.07) is 7.70. The monoisotopic (exact) mass is 237 g/mol. The lowest BCUT2D eigenvalue weighted by molar-refractivity contribution is -0.120. The number of amides is 1. The molecule has 0 bridgehead atoms. The van der Waals surface area contributed by atoms with Crippen molar-refractivity contribution in [3.8, 4) is 0 Å². The summed E-state index contributed by atoms with van der Waals surface area (Å²) in [7, 11) is 1.62. The Morgan fingerprint density at radius 3 is 3.00 bits per heavy atom. The lowest BCUT2D eigenvalue weighted by atomic mass is 10.2. The van der Waals surface area contributed by atoms with E-state index < -0.39 is 0 Å². The Labute approximate surface area is 98.2 Å². The van der Waals surface area contributed by atoms with Crippen molar-refractivity contribution in [3.63, 3.8) is 0 Å². The number of hydrogen-bond donors (Lipinski definition) is 1. The van der Waals surface area contributed by atoms with Gasteiger partial charge in [-0.1, -0.05) is 23.7 Å². The molecule has 2 rings (SSSR count). The number of nitrogens with one attached hydrogen (secondary N) is 1. The molecule has 0 saturated carbocycles. The van der Waals surface area contributed by atoms with Crippen LogP contribution in [0, 0.1) is 0 Å². The molecule has 1 aromatic carbocycles. The number of benzene rings is 1. The summed E-state index contributed by atoms with van der Waals surface area (Å²) >= 11 is 5.99. The van der Waals surface area contributed by atoms with Gasteiger partial charge in [0, 0.05) is 18.9 Å². The van der Waals surface area contributed by atoms with Crippen LogP contribution >= 0.6 is 11.6 Å². The number of aromatic nitrogens is 2. The number of carbonyl (C=O) groups excluding carboxylic acids is 1. The Balaban J connectivity index is 2.27. The van der Waals surface area contributed by atoms with Gasteiger partial charge in [-0.05, 0) is 12.1 Å². The molecular weight excluding hydrogens is 226 g/mol. The quantitative estimate of drug-likeness (QED) is 0.885. The summed E-state index contributed by atoms with van der Waals surface area (Å²) in [5.41, 5.74) is 0.955. The third-order valence-electron chi connectivity index (χ3n) is 2.44. The van der Waals surface area contributed by atoms with Gasteiger partial charge in [0.1, 0.15) is 0 Å². The maximum absolute atomic E-state index is 11.1. The highest BCUT2D eigenvalue weighted by Gasteiger charge is 2.08. The van der Waals surface area contributed by atoms with Crippen LogP contribution in [-0.2, 0) is 11.3 Å². The highest BCUT2D eigenvalue weighted by molar-refractivity contribution is 6.34. The van der Waals surface area contributed by atoms with Crippen molar-refractivity contribution in [2.75, 3.05) is 7.05 Å². The Hall–Kier alpha value is -1.55. The topological polar surface area (TPSA) is 46.9 Å². The van der Waals surface area contributed by atoms with Gasteiger partial charge in [0.25, 0.3) is 0 Å². The molecule has 0 atom stereocenters. The Morgan fingerprint density at radius 2 is 2.25 bits per heavy atom. The zero-order valence-electron chi connectivity index (χ0n) is 8.90. The zero-order chi connectivity index (χ0) is 11.5. The fourth-order valence-electron chi connectivity index (χ4n) is 1.59. The maximum Gasteiger partial charge on any atom is 0.221 e. The first-order valence-electron chi connectivity index (χ1n) is 5.04. The van der Waals surface area contributed by atoms with Crippen LogP contribution in [0.5, 0.6) is 0 Å². The van der Waals surface area contributed by atoms with Crippen LogP contribution in [0.25, 0.3) is 10.9 Å². The molecule has 1 heterocycles. The molecular formula is C11H12ClN3O. The normalized spacial score (nSPS) is 10.6. The van der Waals surface area contributed by atoms with Gasteiger partial charge in [-0.3, -0.25) is 9.48 Å². The molecule has 1 aromatic heterocycles. The molecule has 2 aromatic rings. The van der Waals surface area contributed by atoms with Gasteiger partial charge in [0.2, 0.25) is 5.91 Å². The van der Waals surface area contributed by atoms with Crippen molar-refractivity contribution in [3.05, 3.63) is 29.4 Å². The molecule has 1 N–H and O–H groups in total. The SMILES string of the molecule is CNC(=O)CCn1nc(Cl)c2ccccc21. The molecule has 0 aliphatic rings. The fraction of sp³-hybridized carbons (Fsp3) is 0.273. The predicted octanol–water partition coefficient (Wildman–Crippen LogP) is 1.83. The van der Waals surface area contributed by atoms with Gasteiger partial charge >= 0.3 is 0 Å². The summed E-state index contributed by atoms with van der Waals surface area (Å²) in [4.78, 5) is 11.1. The molecule has 0 aliphatic carbocycles. The van der Waals surface area contributed by atoms with Crippen LogP contribution in [0.1, 0.15) is 6.42 Å². The minimum atomic E-state index is -0.00398. The summed E-state index contributed by atoms with van der Waals surface area (Å²) < 4.78 is 1.76. The average Bonchev–Trinajstić information content (AvgIpc) is 2.64. The van der Waals surface area contributed by atoms with Gasteiger partial charge in [-0.25, -0.2) is 0 Å². The fourth-order valence-corrected chi connectivity index (χ4v) is 1.84. The number of nitrogens with zero attached hydrogens (tertiary/aromatic N) is 2. The number of para-hydroxylation sites is 1. The van der Waals surface area contributed by atoms with Crippen molar-refractivity contribution in [2.45, 2.75) is 13.0 Å². The predicted molar refractivity (Wildman–Crippen MR) is 63.4 cm³/mol. The number of hydrogen-bond acceptors (Lipinski definition) is 2. The van der Waals surface area contributed by atoms with Crippen molar-refractivity contribution in [2.24, 2.45) is 0 Å². The van der Waals surface area contributed by atoms with Gasteiger partial charge in [-0.15, -0.1) is 0 Å². The number of rotatable bonds is 3. The third-order valence-corrected chi connectivity index (χ3v) is 2.72. The maximum atomic E-state index is 11.1. The minimum absolute atomic E-state index is 0.00398. The van der Waals surface area contributed by atoms with E-state index in [4.69, 9.17) is 11.6 Å². The van der Waals surface area contributed by atoms with Crippen molar-refractivity contribution in [1.82, 2.24) is 15.1 Å². The van der Waals surface area contributed by atoms with Crippen molar-refractivity contribution in [1.29, 1.82) is 0 Å². The Morgan fingerprint density at radius 1 is 1.50 bits per heavy atom. The van der Waals surface area contributed by atoms with E-state index >= 15 is 0 Å². The van der Waals surface area contributed by atoms with Gasteiger partial charge in [0.15, 0.2) is 5.15 Å². The highest BCUT2D eigenvalue weighted by atomic mass is 35.5. The van der Waals surface area contributed by atoms with Crippen LogP contribution in [0.3, 0.4) is 0 Å². The molecule has 84 valence electrons. The van der Waals surface area contributed by atoms with Crippen LogP contribution in [0.2, 0.25) is 5.15 Å². The molecule has 0 radical (unpaired) electrons. The molecule has 4 nitrogen and oxygen atoms in total. The van der Waals surface area contributed by atoms with E-state index in [0.29, 0.717) is 18.1 Å². The van der Waals surface area contributed by atoms with Crippen LogP contribution in [0.4, 0.5) is 0 Å². The van der Waals surface area contributed by atoms with E-state index in [-0.39, 0.29) is 5.91 Å². The summed E-state index contributed by atoms with van der Waals surface area (Å²) in [5.74, 6) is -0.00398. The van der Waals surface area contributed by atoms with Gasteiger partial charge in [0.05, 0.1) is 12.1 Å². The van der Waals surface area contributed by atoms with Crippen LogP contribution in [0.15, 0.2) is 24.3 Å². The van der Waals surface area contributed by atoms with Gasteiger partial charge in [-0.2, -0.15) is 5.10 Å². The number of aryl methyl sites for hydroxylation is 1. The number of fused-ring (bicyclic) bond motifs is 1. The summed E-state index contributed by atoms with van der Waals surface area (Å²) in [6.07, 6.45) is 0.401. The first kappa shape index (κ1) is 11.0. The second-order valence-electron chi connectivity index (χ2n) is 3.45. The van der Waals surface area contributed by atoms with E-state index in [2.05, 4.69) is 10.4 Å². The minimum Gasteiger partial charge on any atom is -0.359 e. The lowest BCUT2D eigenvalue weighted by Crippen LogP contribution is -2.19. The molecule has 0 spiro atoms. The van der Waals surface area contributed by atoms with E-state index in [1.807, 2.05) is 24.3 Å². The smallest absolute Gasteiger partial charge is 0.221 e. The molecule has 1 amide bonds. The Kier molecular flexibility index (Phi) is 3.10. The molecule has 0 saturated heterocycles. The third kappa shape index (κ3) is 2.02. The van der Waals surface area contributed by atoms with Crippen LogP contribution < -0.4 is 5.32 Å². The summed E-state index contributed by atoms with van der Waals surface area (Å²) in [6.45, 7) is 0.535. The average molecular weight is 238 g/mol. The second kappa shape index (κ2) is 4.53. The number of halogens is 1. The first-order valence-corrected chi connectivity index (χ1v) is 5.42.